The first-order chi connectivity index (χ1) is 38.2. The topological polar surface area (TPSA) is 12.5 Å². The van der Waals surface area contributed by atoms with Crippen molar-refractivity contribution >= 4 is 28.8 Å². The van der Waals surface area contributed by atoms with E-state index in [4.69, 9.17) is 4.74 Å². The maximum atomic E-state index is 6.79. The Morgan fingerprint density at radius 2 is 0.597 bits per heavy atom. The minimum Gasteiger partial charge on any atom is -0.457 e. The van der Waals surface area contributed by atoms with Crippen molar-refractivity contribution in [1.29, 1.82) is 0 Å². The minimum absolute atomic E-state index is 0.532. The van der Waals surface area contributed by atoms with E-state index in [0.29, 0.717) is 0 Å². The zero-order valence-electron chi connectivity index (χ0n) is 41.9. The first kappa shape index (κ1) is 43.9. The zero-order chi connectivity index (χ0) is 50.7. The number of nitrogens with zero attached hydrogens (tertiary/aromatic N) is 1. The van der Waals surface area contributed by atoms with Gasteiger partial charge in [-0.15, -0.1) is 0 Å². The third-order valence-corrected chi connectivity index (χ3v) is 17.9. The summed E-state index contributed by atoms with van der Waals surface area (Å²) >= 11 is 1.88. The van der Waals surface area contributed by atoms with Gasteiger partial charge in [-0.05, 0) is 168 Å². The highest BCUT2D eigenvalue weighted by Gasteiger charge is 2.52. The second-order valence-corrected chi connectivity index (χ2v) is 21.7. The van der Waals surface area contributed by atoms with Gasteiger partial charge in [0.1, 0.15) is 11.5 Å². The summed E-state index contributed by atoms with van der Waals surface area (Å²) in [6.45, 7) is 0. The SMILES string of the molecule is c1ccc(-c2cc(-c3ccccc3)cc(-c3ccc(N(c4ccc5c(c4)C4(c6ccccc6Oc6ccccc64)c4ccccc4-5)c4ccc5c(c4)C4(c6ccccc6Sc6ccccc64)c4ccccc4-5)cc3)c2)cc1. The molecule has 2 aliphatic carbocycles. The molecule has 2 nitrogen and oxygen atoms in total. The Kier molecular flexibility index (Phi) is 9.73. The molecule has 0 unspecified atom stereocenters. The molecule has 12 aromatic carbocycles. The van der Waals surface area contributed by atoms with Gasteiger partial charge in [-0.3, -0.25) is 0 Å². The number of hydrogen-bond donors (Lipinski definition) is 0. The highest BCUT2D eigenvalue weighted by molar-refractivity contribution is 7.99. The predicted octanol–water partition coefficient (Wildman–Crippen LogP) is 19.5. The van der Waals surface area contributed by atoms with E-state index in [1.54, 1.807) is 0 Å². The maximum absolute atomic E-state index is 6.79. The van der Waals surface area contributed by atoms with Gasteiger partial charge in [-0.1, -0.05) is 218 Å². The lowest BCUT2D eigenvalue weighted by Crippen LogP contribution is -2.32. The average molecular weight is 998 g/mol. The third kappa shape index (κ3) is 6.38. The largest absolute Gasteiger partial charge is 0.457 e. The Morgan fingerprint density at radius 1 is 0.247 bits per heavy atom. The molecule has 2 heterocycles. The van der Waals surface area contributed by atoms with E-state index >= 15 is 0 Å². The average Bonchev–Trinajstić information content (AvgIpc) is 4.18. The highest BCUT2D eigenvalue weighted by Crippen LogP contribution is 2.65. The number of anilines is 3. The molecule has 16 rings (SSSR count). The van der Waals surface area contributed by atoms with Crippen LogP contribution in [-0.4, -0.2) is 0 Å². The van der Waals surface area contributed by atoms with Crippen LogP contribution in [-0.2, 0) is 10.8 Å². The van der Waals surface area contributed by atoms with Crippen molar-refractivity contribution in [3.8, 4) is 67.1 Å². The van der Waals surface area contributed by atoms with Gasteiger partial charge in [0.15, 0.2) is 0 Å². The molecule has 0 saturated heterocycles. The number of fused-ring (bicyclic) bond motifs is 18. The van der Waals surface area contributed by atoms with Crippen LogP contribution in [0.3, 0.4) is 0 Å². The van der Waals surface area contributed by atoms with Gasteiger partial charge >= 0.3 is 0 Å². The normalized spacial score (nSPS) is 14.0. The Balaban J connectivity index is 0.936. The highest BCUT2D eigenvalue weighted by atomic mass is 32.2. The molecule has 0 fully saturated rings. The molecule has 0 saturated carbocycles. The molecular weight excluding hydrogens is 951 g/mol. The van der Waals surface area contributed by atoms with Gasteiger partial charge in [0.05, 0.1) is 10.8 Å². The lowest BCUT2D eigenvalue weighted by atomic mass is 9.66. The first-order valence-corrected chi connectivity index (χ1v) is 27.4. The van der Waals surface area contributed by atoms with Gasteiger partial charge in [-0.25, -0.2) is 0 Å². The number of para-hydroxylation sites is 2. The standard InChI is InChI=1S/C74H47NOS/c1-3-19-48(20-4-1)51-43-52(49-21-5-2-6-22-49)45-53(44-51)50-35-37-54(38-36-50)75(55-39-41-59-57-23-7-9-25-61(57)73(67(59)46-55)63-27-11-15-31-69(63)76-70-32-16-12-28-64(70)73)56-40-42-60-58-24-8-10-26-62(58)74(68(60)47-56)65-29-13-17-33-71(65)77-72-34-18-14-30-66(72)74/h1-47H. The summed E-state index contributed by atoms with van der Waals surface area (Å²) in [6, 6.07) is 106. The number of hydrogen-bond acceptors (Lipinski definition) is 3. The second-order valence-electron chi connectivity index (χ2n) is 20.7. The molecule has 360 valence electrons. The number of rotatable bonds is 6. The monoisotopic (exact) mass is 997 g/mol. The van der Waals surface area contributed by atoms with E-state index in [-0.39, 0.29) is 0 Å². The van der Waals surface area contributed by atoms with Crippen molar-refractivity contribution in [3.05, 3.63) is 330 Å². The molecule has 0 atom stereocenters. The summed E-state index contributed by atoms with van der Waals surface area (Å²) in [6.07, 6.45) is 0. The maximum Gasteiger partial charge on any atom is 0.132 e. The smallest absolute Gasteiger partial charge is 0.132 e. The molecule has 2 aliphatic heterocycles. The molecule has 0 N–H and O–H groups in total. The summed E-state index contributed by atoms with van der Waals surface area (Å²) in [5.41, 5.74) is 24.3. The van der Waals surface area contributed by atoms with Crippen molar-refractivity contribution in [1.82, 2.24) is 0 Å². The van der Waals surface area contributed by atoms with Crippen molar-refractivity contribution < 1.29 is 4.74 Å². The van der Waals surface area contributed by atoms with Gasteiger partial charge in [0.2, 0.25) is 0 Å². The van der Waals surface area contributed by atoms with E-state index in [2.05, 4.69) is 290 Å². The van der Waals surface area contributed by atoms with Gasteiger partial charge in [0.25, 0.3) is 0 Å². The fraction of sp³-hybridized carbons (Fsp3) is 0.0270. The lowest BCUT2D eigenvalue weighted by molar-refractivity contribution is 0.436. The molecule has 77 heavy (non-hydrogen) atoms. The zero-order valence-corrected chi connectivity index (χ0v) is 42.7. The summed E-state index contributed by atoms with van der Waals surface area (Å²) < 4.78 is 6.79. The fourth-order valence-corrected chi connectivity index (χ4v) is 14.8. The molecule has 12 aromatic rings. The molecule has 0 aromatic heterocycles. The van der Waals surface area contributed by atoms with E-state index < -0.39 is 10.8 Å². The van der Waals surface area contributed by atoms with E-state index in [0.717, 1.165) is 45.3 Å². The second kappa shape index (κ2) is 17.1. The van der Waals surface area contributed by atoms with E-state index in [9.17, 15) is 0 Å². The quantitative estimate of drug-likeness (QED) is 0.165. The molecule has 0 amide bonds. The lowest BCUT2D eigenvalue weighted by Gasteiger charge is -2.40. The van der Waals surface area contributed by atoms with Crippen LogP contribution in [0.15, 0.2) is 295 Å². The predicted molar refractivity (Wildman–Crippen MR) is 316 cm³/mol. The van der Waals surface area contributed by atoms with Gasteiger partial charge in [-0.2, -0.15) is 0 Å². The van der Waals surface area contributed by atoms with Crippen LogP contribution in [0.25, 0.3) is 55.6 Å². The van der Waals surface area contributed by atoms with Crippen LogP contribution in [0.1, 0.15) is 44.5 Å². The fourth-order valence-electron chi connectivity index (χ4n) is 13.6. The summed E-state index contributed by atoms with van der Waals surface area (Å²) in [4.78, 5) is 5.08. The van der Waals surface area contributed by atoms with E-state index in [1.807, 2.05) is 11.8 Å². The molecule has 3 heteroatoms. The molecule has 2 spiro atoms. The van der Waals surface area contributed by atoms with Crippen molar-refractivity contribution in [3.63, 3.8) is 0 Å². The number of ether oxygens (including phenoxy) is 1. The van der Waals surface area contributed by atoms with Crippen molar-refractivity contribution in [2.45, 2.75) is 20.6 Å². The van der Waals surface area contributed by atoms with Crippen LogP contribution >= 0.6 is 11.8 Å². The Bertz CT molecular complexity index is 4000. The summed E-state index contributed by atoms with van der Waals surface area (Å²) in [5, 5.41) is 0. The molecule has 4 aliphatic rings. The first-order valence-electron chi connectivity index (χ1n) is 26.6. The van der Waals surface area contributed by atoms with Crippen LogP contribution in [0.2, 0.25) is 0 Å². The van der Waals surface area contributed by atoms with E-state index in [1.165, 1.54) is 93.2 Å². The van der Waals surface area contributed by atoms with Crippen molar-refractivity contribution in [2.75, 3.05) is 4.90 Å². The van der Waals surface area contributed by atoms with Gasteiger partial charge in [0, 0.05) is 38.0 Å². The number of benzene rings is 12. The minimum atomic E-state index is -0.625. The molecular formula is C74H47NOS. The third-order valence-electron chi connectivity index (χ3n) is 16.8. The Hall–Kier alpha value is -9.41. The summed E-state index contributed by atoms with van der Waals surface area (Å²) in [7, 11) is 0. The Morgan fingerprint density at radius 3 is 1.08 bits per heavy atom. The van der Waals surface area contributed by atoms with Crippen LogP contribution in [0.5, 0.6) is 11.5 Å². The molecule has 0 radical (unpaired) electrons. The Labute approximate surface area is 453 Å². The van der Waals surface area contributed by atoms with Gasteiger partial charge < -0.3 is 9.64 Å². The summed E-state index contributed by atoms with van der Waals surface area (Å²) in [5.74, 6) is 1.77. The molecule has 0 bridgehead atoms. The van der Waals surface area contributed by atoms with Crippen LogP contribution in [0.4, 0.5) is 17.1 Å². The van der Waals surface area contributed by atoms with Crippen LogP contribution in [0, 0.1) is 0 Å². The van der Waals surface area contributed by atoms with Crippen LogP contribution < -0.4 is 9.64 Å². The van der Waals surface area contributed by atoms with Crippen molar-refractivity contribution in [2.24, 2.45) is 0 Å².